The van der Waals surface area contributed by atoms with E-state index in [1.54, 1.807) is 13.8 Å². The number of benzene rings is 2. The number of fused-ring (bicyclic) bond motifs is 3. The standard InChI is InChI=1S/C27H32N2O5/c1-27(2,25(31)32)16-29-24(30)18(13-17-11-12-17)14-28-26(33)34-15-23-21-9-5-3-7-19(21)20-8-4-6-10-22(20)23/h3-10,17-18,23H,11-16H2,1-2H3,(H,28,33)(H,29,30)(H,31,32). The van der Waals surface area contributed by atoms with E-state index in [2.05, 4.69) is 34.9 Å². The SMILES string of the molecule is CC(C)(CNC(=O)C(CNC(=O)OCC1c2ccccc2-c2ccccc21)CC1CC1)C(=O)O. The third-order valence-corrected chi connectivity index (χ3v) is 6.81. The molecule has 34 heavy (non-hydrogen) atoms. The highest BCUT2D eigenvalue weighted by Gasteiger charge is 2.33. The van der Waals surface area contributed by atoms with Crippen LogP contribution in [0.1, 0.15) is 50.2 Å². The highest BCUT2D eigenvalue weighted by Crippen LogP contribution is 2.44. The van der Waals surface area contributed by atoms with Gasteiger partial charge in [-0.25, -0.2) is 4.79 Å². The van der Waals surface area contributed by atoms with Gasteiger partial charge in [0.1, 0.15) is 6.61 Å². The third-order valence-electron chi connectivity index (χ3n) is 6.81. The van der Waals surface area contributed by atoms with E-state index in [-0.39, 0.29) is 31.5 Å². The third kappa shape index (κ3) is 5.41. The second-order valence-corrected chi connectivity index (χ2v) is 9.99. The Hall–Kier alpha value is -3.35. The van der Waals surface area contributed by atoms with Gasteiger partial charge in [-0.15, -0.1) is 0 Å². The Kier molecular flexibility index (Phi) is 6.91. The highest BCUT2D eigenvalue weighted by molar-refractivity contribution is 5.81. The van der Waals surface area contributed by atoms with E-state index < -0.39 is 23.4 Å². The van der Waals surface area contributed by atoms with Crippen LogP contribution in [0.5, 0.6) is 0 Å². The Balaban J connectivity index is 1.32. The van der Waals surface area contributed by atoms with Gasteiger partial charge in [0.25, 0.3) is 0 Å². The number of amides is 2. The molecule has 2 aromatic rings. The highest BCUT2D eigenvalue weighted by atomic mass is 16.5. The molecule has 1 atom stereocenters. The number of hydrogen-bond acceptors (Lipinski definition) is 4. The van der Waals surface area contributed by atoms with E-state index in [4.69, 9.17) is 4.74 Å². The predicted octanol–water partition coefficient (Wildman–Crippen LogP) is 4.17. The molecular weight excluding hydrogens is 432 g/mol. The first-order chi connectivity index (χ1) is 16.3. The fourth-order valence-electron chi connectivity index (χ4n) is 4.42. The summed E-state index contributed by atoms with van der Waals surface area (Å²) in [4.78, 5) is 36.6. The van der Waals surface area contributed by atoms with Gasteiger partial charge in [-0.3, -0.25) is 9.59 Å². The van der Waals surface area contributed by atoms with Crippen molar-refractivity contribution in [3.05, 3.63) is 59.7 Å². The van der Waals surface area contributed by atoms with Crippen molar-refractivity contribution in [2.24, 2.45) is 17.3 Å². The summed E-state index contributed by atoms with van der Waals surface area (Å²) in [6, 6.07) is 16.3. The molecule has 7 nitrogen and oxygen atoms in total. The summed E-state index contributed by atoms with van der Waals surface area (Å²) in [5, 5.41) is 14.8. The number of rotatable bonds is 10. The summed E-state index contributed by atoms with van der Waals surface area (Å²) >= 11 is 0. The van der Waals surface area contributed by atoms with Gasteiger partial charge in [0.2, 0.25) is 5.91 Å². The monoisotopic (exact) mass is 464 g/mol. The molecule has 0 aromatic heterocycles. The van der Waals surface area contributed by atoms with Gasteiger partial charge in [0, 0.05) is 19.0 Å². The summed E-state index contributed by atoms with van der Waals surface area (Å²) < 4.78 is 5.58. The van der Waals surface area contributed by atoms with Crippen LogP contribution in [0.4, 0.5) is 4.79 Å². The molecule has 3 N–H and O–H groups in total. The van der Waals surface area contributed by atoms with Crippen LogP contribution in [0.3, 0.4) is 0 Å². The summed E-state index contributed by atoms with van der Waals surface area (Å²) in [7, 11) is 0. The maximum Gasteiger partial charge on any atom is 0.407 e. The zero-order valence-corrected chi connectivity index (χ0v) is 19.7. The topological polar surface area (TPSA) is 105 Å². The molecule has 2 aliphatic carbocycles. The van der Waals surface area contributed by atoms with Crippen molar-refractivity contribution >= 4 is 18.0 Å². The van der Waals surface area contributed by atoms with Gasteiger partial charge in [0.15, 0.2) is 0 Å². The Morgan fingerprint density at radius 1 is 1.00 bits per heavy atom. The molecule has 2 amide bonds. The van der Waals surface area contributed by atoms with Crippen molar-refractivity contribution in [2.45, 2.75) is 39.0 Å². The number of carboxylic acids is 1. The van der Waals surface area contributed by atoms with Crippen molar-refractivity contribution in [2.75, 3.05) is 19.7 Å². The van der Waals surface area contributed by atoms with Crippen molar-refractivity contribution in [3.63, 3.8) is 0 Å². The summed E-state index contributed by atoms with van der Waals surface area (Å²) in [6.07, 6.45) is 2.27. The Labute approximate surface area is 199 Å². The lowest BCUT2D eigenvalue weighted by atomic mass is 9.93. The summed E-state index contributed by atoms with van der Waals surface area (Å²) in [6.45, 7) is 3.55. The van der Waals surface area contributed by atoms with Gasteiger partial charge in [-0.1, -0.05) is 61.4 Å². The minimum absolute atomic E-state index is 0.0260. The molecule has 7 heteroatoms. The lowest BCUT2D eigenvalue weighted by Gasteiger charge is -2.23. The summed E-state index contributed by atoms with van der Waals surface area (Å²) in [5.41, 5.74) is 3.56. The first-order valence-corrected chi connectivity index (χ1v) is 11.9. The lowest BCUT2D eigenvalue weighted by Crippen LogP contribution is -2.44. The van der Waals surface area contributed by atoms with Crippen LogP contribution >= 0.6 is 0 Å². The van der Waals surface area contributed by atoms with Gasteiger partial charge in [0.05, 0.1) is 11.3 Å². The first-order valence-electron chi connectivity index (χ1n) is 11.9. The van der Waals surface area contributed by atoms with Gasteiger partial charge < -0.3 is 20.5 Å². The molecule has 0 heterocycles. The minimum Gasteiger partial charge on any atom is -0.481 e. The normalized spacial score (nSPS) is 15.7. The number of aliphatic carboxylic acids is 1. The average Bonchev–Trinajstić information content (AvgIpc) is 3.59. The number of carbonyl (C=O) groups is 3. The molecule has 1 unspecified atom stereocenters. The van der Waals surface area contributed by atoms with Crippen molar-refractivity contribution in [3.8, 4) is 11.1 Å². The Morgan fingerprint density at radius 2 is 1.59 bits per heavy atom. The van der Waals surface area contributed by atoms with Gasteiger partial charge in [-0.05, 0) is 48.4 Å². The van der Waals surface area contributed by atoms with E-state index in [0.29, 0.717) is 12.3 Å². The van der Waals surface area contributed by atoms with Crippen LogP contribution in [-0.2, 0) is 14.3 Å². The lowest BCUT2D eigenvalue weighted by molar-refractivity contribution is -0.146. The predicted molar refractivity (Wildman–Crippen MR) is 128 cm³/mol. The molecule has 0 spiro atoms. The van der Waals surface area contributed by atoms with Crippen LogP contribution in [0.25, 0.3) is 11.1 Å². The zero-order valence-electron chi connectivity index (χ0n) is 19.7. The minimum atomic E-state index is -1.06. The van der Waals surface area contributed by atoms with Crippen LogP contribution in [0, 0.1) is 17.3 Å². The number of carbonyl (C=O) groups excluding carboxylic acids is 2. The molecule has 0 aliphatic heterocycles. The molecule has 4 rings (SSSR count). The zero-order chi connectivity index (χ0) is 24.3. The number of carboxylic acid groups (broad SMARTS) is 1. The van der Waals surface area contributed by atoms with Crippen LogP contribution in [0.2, 0.25) is 0 Å². The fourth-order valence-corrected chi connectivity index (χ4v) is 4.42. The second-order valence-electron chi connectivity index (χ2n) is 9.99. The molecule has 1 saturated carbocycles. The average molecular weight is 465 g/mol. The number of alkyl carbamates (subject to hydrolysis) is 1. The van der Waals surface area contributed by atoms with Crippen LogP contribution in [-0.4, -0.2) is 42.8 Å². The molecule has 2 aliphatic rings. The second kappa shape index (κ2) is 9.87. The molecule has 0 bridgehead atoms. The van der Waals surface area contributed by atoms with E-state index in [1.807, 2.05) is 24.3 Å². The maximum absolute atomic E-state index is 12.7. The van der Waals surface area contributed by atoms with E-state index in [0.717, 1.165) is 35.1 Å². The first kappa shape index (κ1) is 23.8. The Morgan fingerprint density at radius 3 is 2.15 bits per heavy atom. The number of nitrogens with one attached hydrogen (secondary N) is 2. The number of hydrogen-bond donors (Lipinski definition) is 3. The molecule has 0 saturated heterocycles. The summed E-state index contributed by atoms with van der Waals surface area (Å²) in [5.74, 6) is -1.17. The number of ether oxygens (including phenoxy) is 1. The smallest absolute Gasteiger partial charge is 0.407 e. The van der Waals surface area contributed by atoms with Crippen molar-refractivity contribution in [1.29, 1.82) is 0 Å². The van der Waals surface area contributed by atoms with Crippen LogP contribution in [0.15, 0.2) is 48.5 Å². The molecular formula is C27H32N2O5. The quantitative estimate of drug-likeness (QED) is 0.490. The van der Waals surface area contributed by atoms with Crippen molar-refractivity contribution in [1.82, 2.24) is 10.6 Å². The molecule has 180 valence electrons. The van der Waals surface area contributed by atoms with Gasteiger partial charge in [-0.2, -0.15) is 0 Å². The van der Waals surface area contributed by atoms with Crippen molar-refractivity contribution < 1.29 is 24.2 Å². The van der Waals surface area contributed by atoms with E-state index in [1.165, 1.54) is 0 Å². The largest absolute Gasteiger partial charge is 0.481 e. The molecule has 2 aromatic carbocycles. The van der Waals surface area contributed by atoms with Gasteiger partial charge >= 0.3 is 12.1 Å². The molecule has 1 fully saturated rings. The van der Waals surface area contributed by atoms with E-state index in [9.17, 15) is 19.5 Å². The van der Waals surface area contributed by atoms with Crippen LogP contribution < -0.4 is 10.6 Å². The van der Waals surface area contributed by atoms with E-state index >= 15 is 0 Å². The Bertz CT molecular complexity index is 1030. The fraction of sp³-hybridized carbons (Fsp3) is 0.444. The molecule has 0 radical (unpaired) electrons. The maximum atomic E-state index is 12.7.